The van der Waals surface area contributed by atoms with Crippen molar-refractivity contribution in [2.45, 2.75) is 187 Å². The lowest BCUT2D eigenvalue weighted by Crippen LogP contribution is -2.64. The van der Waals surface area contributed by atoms with Gasteiger partial charge in [-0.1, -0.05) is 75.2 Å². The molecule has 0 spiro atoms. The Morgan fingerprint density at radius 3 is 2.21 bits per heavy atom. The Balaban J connectivity index is 1.60. The number of halogens is 1. The first-order chi connectivity index (χ1) is 33.3. The van der Waals surface area contributed by atoms with Crippen LogP contribution in [0.2, 0.25) is 5.02 Å². The Labute approximate surface area is 421 Å². The standard InChI is InChI=1S/C52H75ClO18/c1-13-31-22-27(6)34(55)18-16-15-17-32(24-65-51-45(64-12)42(60)44(30(9)66-51)68-49(63)38-33(14-2)39(53)36(57)23-35(38)56)48(62)67-37(29(8)54)20-19-26(5)21-28(7)43(31)69-50-41(59)40(58)46(52(10,11)71-50)70-47(61)25(3)4/h15-17,19,21-23,25,29-31,34,37,40-46,50-51,54-60H,13-14,18,20,24H2,1-12H3/b16-15+,26-19+,27-22+,28-21+,32-17+/t29-,30?,31+,34+,37+,40?,41?,42?,43-,44?,45?,46?,50?,51?/m1/s1. The molecule has 1 aromatic carbocycles. The minimum absolute atomic E-state index is 0.0250. The van der Waals surface area contributed by atoms with Gasteiger partial charge in [0, 0.05) is 25.5 Å². The fraction of sp³-hybridized carbons (Fsp3) is 0.635. The third kappa shape index (κ3) is 15.0. The molecule has 3 aliphatic rings. The first kappa shape index (κ1) is 59.4. The highest BCUT2D eigenvalue weighted by molar-refractivity contribution is 6.33. The van der Waals surface area contributed by atoms with Gasteiger partial charge in [-0.25, -0.2) is 9.59 Å². The van der Waals surface area contributed by atoms with E-state index in [1.165, 1.54) is 33.1 Å². The summed E-state index contributed by atoms with van der Waals surface area (Å²) < 4.78 is 47.5. The molecule has 4 rings (SSSR count). The quantitative estimate of drug-likeness (QED) is 0.0722. The summed E-state index contributed by atoms with van der Waals surface area (Å²) in [5.41, 5.74) is 0.543. The number of ether oxygens (including phenoxy) is 8. The van der Waals surface area contributed by atoms with E-state index < -0.39 is 127 Å². The summed E-state index contributed by atoms with van der Waals surface area (Å²) in [5.74, 6) is -4.31. The van der Waals surface area contributed by atoms with E-state index in [0.29, 0.717) is 23.1 Å². The number of aliphatic hydroxyl groups is 5. The SMILES string of the molecule is CCc1c(Cl)c(O)cc(O)c1C(=O)OC1C(C)OC(OC/C2=C\C=C\C[C@H](O)/C(C)=C/[C@H](CC)[C@H](OC3OC(C)(C)C(OC(=O)C(C)C)C(O)C3O)/C(C)=C/C(C)=C/C[C@@H]([C@@H](C)O)OC2=O)C(OC)C1O. The zero-order valence-corrected chi connectivity index (χ0v) is 43.5. The lowest BCUT2D eigenvalue weighted by Gasteiger charge is -2.47. The van der Waals surface area contributed by atoms with Crippen molar-refractivity contribution in [3.05, 3.63) is 81.0 Å². The van der Waals surface area contributed by atoms with Crippen molar-refractivity contribution in [1.29, 1.82) is 0 Å². The Kier molecular flexibility index (Phi) is 21.9. The molecule has 1 aromatic rings. The average Bonchev–Trinajstić information content (AvgIpc) is 3.30. The molecule has 18 nitrogen and oxygen atoms in total. The number of hydrogen-bond donors (Lipinski definition) is 7. The summed E-state index contributed by atoms with van der Waals surface area (Å²) in [6.45, 7) is 18.2. The smallest absolute Gasteiger partial charge is 0.342 e. The molecule has 7 N–H and O–H groups in total. The summed E-state index contributed by atoms with van der Waals surface area (Å²) in [5, 5.41) is 76.8. The summed E-state index contributed by atoms with van der Waals surface area (Å²) in [6, 6.07) is 0.915. The third-order valence-electron chi connectivity index (χ3n) is 12.9. The van der Waals surface area contributed by atoms with Crippen molar-refractivity contribution < 1.29 is 88.0 Å². The van der Waals surface area contributed by atoms with Crippen LogP contribution in [0.25, 0.3) is 0 Å². The van der Waals surface area contributed by atoms with E-state index in [9.17, 15) is 50.1 Å². The number of aliphatic hydroxyl groups excluding tert-OH is 5. The van der Waals surface area contributed by atoms with Crippen LogP contribution >= 0.6 is 11.6 Å². The minimum atomic E-state index is -1.60. The van der Waals surface area contributed by atoms with Crippen LogP contribution in [-0.2, 0) is 53.9 Å². The number of rotatable bonds is 13. The van der Waals surface area contributed by atoms with Gasteiger partial charge in [0.2, 0.25) is 0 Å². The highest BCUT2D eigenvalue weighted by Crippen LogP contribution is 2.39. The van der Waals surface area contributed by atoms with Gasteiger partial charge in [-0.05, 0) is 90.5 Å². The molecule has 9 unspecified atom stereocenters. The minimum Gasteiger partial charge on any atom is -0.507 e. The molecule has 2 fully saturated rings. The predicted molar refractivity (Wildman–Crippen MR) is 260 cm³/mol. The van der Waals surface area contributed by atoms with Gasteiger partial charge in [-0.2, -0.15) is 0 Å². The van der Waals surface area contributed by atoms with E-state index in [0.717, 1.165) is 6.07 Å². The number of allylic oxidation sites excluding steroid dienone is 4. The van der Waals surface area contributed by atoms with Gasteiger partial charge in [0.1, 0.15) is 53.2 Å². The number of hydrogen-bond acceptors (Lipinski definition) is 18. The van der Waals surface area contributed by atoms with Crippen molar-refractivity contribution in [2.75, 3.05) is 13.7 Å². The van der Waals surface area contributed by atoms with E-state index in [1.807, 2.05) is 32.9 Å². The van der Waals surface area contributed by atoms with Crippen LogP contribution in [0.15, 0.2) is 64.8 Å². The molecule has 0 aromatic heterocycles. The van der Waals surface area contributed by atoms with Crippen molar-refractivity contribution >= 4 is 29.5 Å². The molecule has 0 amide bonds. The summed E-state index contributed by atoms with van der Waals surface area (Å²) in [6.07, 6.45) is -5.12. The predicted octanol–water partition coefficient (Wildman–Crippen LogP) is 5.58. The van der Waals surface area contributed by atoms with E-state index >= 15 is 0 Å². The Morgan fingerprint density at radius 2 is 1.61 bits per heavy atom. The van der Waals surface area contributed by atoms with Crippen LogP contribution < -0.4 is 0 Å². The Hall–Kier alpha value is -4.18. The highest BCUT2D eigenvalue weighted by Gasteiger charge is 2.53. The molecule has 3 heterocycles. The van der Waals surface area contributed by atoms with Crippen molar-refractivity contribution in [3.63, 3.8) is 0 Å². The molecule has 0 radical (unpaired) electrons. The Morgan fingerprint density at radius 1 is 0.930 bits per heavy atom. The molecule has 0 aliphatic carbocycles. The maximum Gasteiger partial charge on any atom is 0.342 e. The summed E-state index contributed by atoms with van der Waals surface area (Å²) >= 11 is 6.21. The topological polar surface area (TPSA) is 267 Å². The molecule has 3 aliphatic heterocycles. The van der Waals surface area contributed by atoms with Crippen LogP contribution in [0, 0.1) is 11.8 Å². The molecule has 71 heavy (non-hydrogen) atoms. The number of carbonyl (C=O) groups excluding carboxylic acids is 3. The normalized spacial score (nSPS) is 35.1. The zero-order chi connectivity index (χ0) is 53.2. The lowest BCUT2D eigenvalue weighted by molar-refractivity contribution is -0.333. The number of carbonyl (C=O) groups is 3. The second-order valence-electron chi connectivity index (χ2n) is 19.3. The third-order valence-corrected chi connectivity index (χ3v) is 13.3. The second-order valence-corrected chi connectivity index (χ2v) is 19.6. The van der Waals surface area contributed by atoms with Gasteiger partial charge in [0.25, 0.3) is 0 Å². The number of esters is 3. The van der Waals surface area contributed by atoms with E-state index in [-0.39, 0.29) is 46.9 Å². The average molecular weight is 1020 g/mol. The second kappa shape index (κ2) is 26.2. The number of phenols is 2. The summed E-state index contributed by atoms with van der Waals surface area (Å²) in [4.78, 5) is 39.9. The molecular weight excluding hydrogens is 948 g/mol. The van der Waals surface area contributed by atoms with Crippen molar-refractivity contribution in [2.24, 2.45) is 11.8 Å². The molecular formula is C52H75ClO18. The van der Waals surface area contributed by atoms with Crippen LogP contribution in [0.3, 0.4) is 0 Å². The van der Waals surface area contributed by atoms with Crippen molar-refractivity contribution in [1.82, 2.24) is 0 Å². The van der Waals surface area contributed by atoms with Gasteiger partial charge < -0.3 is 73.6 Å². The van der Waals surface area contributed by atoms with Crippen LogP contribution in [-0.4, -0.2) is 153 Å². The van der Waals surface area contributed by atoms with Gasteiger partial charge in [0.05, 0.1) is 47.5 Å². The van der Waals surface area contributed by atoms with Crippen LogP contribution in [0.5, 0.6) is 11.5 Å². The number of cyclic esters (lactones) is 1. The number of phenolic OH excluding ortho intramolecular Hbond substituents is 2. The molecule has 0 saturated carbocycles. The van der Waals surface area contributed by atoms with Crippen LogP contribution in [0.1, 0.15) is 111 Å². The van der Waals surface area contributed by atoms with E-state index in [1.54, 1.807) is 53.7 Å². The number of aromatic hydroxyl groups is 2. The van der Waals surface area contributed by atoms with E-state index in [4.69, 9.17) is 49.5 Å². The highest BCUT2D eigenvalue weighted by atomic mass is 35.5. The fourth-order valence-corrected chi connectivity index (χ4v) is 8.86. The zero-order valence-electron chi connectivity index (χ0n) is 42.7. The van der Waals surface area contributed by atoms with Gasteiger partial charge in [-0.15, -0.1) is 0 Å². The largest absolute Gasteiger partial charge is 0.507 e. The summed E-state index contributed by atoms with van der Waals surface area (Å²) in [7, 11) is 1.28. The number of methoxy groups -OCH3 is 1. The monoisotopic (exact) mass is 1020 g/mol. The number of benzene rings is 1. The molecule has 0 bridgehead atoms. The maximum absolute atomic E-state index is 13.9. The van der Waals surface area contributed by atoms with E-state index in [2.05, 4.69) is 0 Å². The Bertz CT molecular complexity index is 2160. The fourth-order valence-electron chi connectivity index (χ4n) is 8.58. The molecule has 19 heteroatoms. The van der Waals surface area contributed by atoms with Gasteiger partial charge in [-0.3, -0.25) is 4.79 Å². The lowest BCUT2D eigenvalue weighted by atomic mass is 9.88. The molecule has 14 atom stereocenters. The van der Waals surface area contributed by atoms with Gasteiger partial charge in [0.15, 0.2) is 24.8 Å². The van der Waals surface area contributed by atoms with Gasteiger partial charge >= 0.3 is 17.9 Å². The molecule has 2 saturated heterocycles. The maximum atomic E-state index is 13.9. The first-order valence-corrected chi connectivity index (χ1v) is 24.4. The van der Waals surface area contributed by atoms with Crippen LogP contribution in [0.4, 0.5) is 0 Å². The first-order valence-electron chi connectivity index (χ1n) is 24.1. The molecule has 398 valence electrons. The van der Waals surface area contributed by atoms with Crippen molar-refractivity contribution in [3.8, 4) is 11.5 Å².